The van der Waals surface area contributed by atoms with E-state index in [9.17, 15) is 45.6 Å². The largest absolute Gasteiger partial charge is 0.394 e. The molecule has 0 radical (unpaired) electrons. The van der Waals surface area contributed by atoms with Gasteiger partial charge in [0.1, 0.15) is 48.8 Å². The van der Waals surface area contributed by atoms with Gasteiger partial charge >= 0.3 is 0 Å². The Hall–Kier alpha value is -2.31. The SMILES string of the molecule is CCCCC/C=C\C/C=C\CCCCCCCCCCCC(=O)NC(COC1OC(CO)C(OC2OC(CO)C(O)C(O)C2O)C(O)C1O)C(O)/C=C/CC/C=C/CC/C=C/CCCCC. The van der Waals surface area contributed by atoms with Crippen LogP contribution in [0.15, 0.2) is 60.8 Å². The van der Waals surface area contributed by atoms with Crippen molar-refractivity contribution in [1.82, 2.24) is 5.32 Å². The van der Waals surface area contributed by atoms with Crippen LogP contribution in [0.4, 0.5) is 0 Å². The fraction of sp³-hybridized carbons (Fsp3) is 0.788. The molecule has 2 aliphatic rings. The summed E-state index contributed by atoms with van der Waals surface area (Å²) in [7, 11) is 0. The molecule has 2 fully saturated rings. The summed E-state index contributed by atoms with van der Waals surface area (Å²) in [4.78, 5) is 13.2. The van der Waals surface area contributed by atoms with Gasteiger partial charge in [-0.2, -0.15) is 0 Å². The Morgan fingerprint density at radius 1 is 0.545 bits per heavy atom. The third kappa shape index (κ3) is 25.3. The molecule has 0 aliphatic carbocycles. The van der Waals surface area contributed by atoms with E-state index in [2.05, 4.69) is 67.8 Å². The molecule has 14 heteroatoms. The summed E-state index contributed by atoms with van der Waals surface area (Å²) in [6.07, 6.45) is 29.7. The molecule has 0 aromatic rings. The molecule has 12 unspecified atom stereocenters. The smallest absolute Gasteiger partial charge is 0.220 e. The fourth-order valence-corrected chi connectivity index (χ4v) is 7.94. The van der Waals surface area contributed by atoms with E-state index in [1.165, 1.54) is 77.0 Å². The monoisotopic (exact) mass is 938 g/mol. The summed E-state index contributed by atoms with van der Waals surface area (Å²) in [6.45, 7) is 2.68. The molecule has 0 aromatic heterocycles. The molecule has 382 valence electrons. The molecule has 1 amide bonds. The molecule has 0 spiro atoms. The topological polar surface area (TPSA) is 228 Å². The third-order valence-corrected chi connectivity index (χ3v) is 12.2. The summed E-state index contributed by atoms with van der Waals surface area (Å²) >= 11 is 0. The molecule has 0 bridgehead atoms. The Morgan fingerprint density at radius 2 is 1.02 bits per heavy atom. The zero-order valence-electron chi connectivity index (χ0n) is 40.4. The number of aliphatic hydroxyl groups excluding tert-OH is 8. The number of rotatable bonds is 38. The molecule has 66 heavy (non-hydrogen) atoms. The van der Waals surface area contributed by atoms with Gasteiger partial charge in [0.05, 0.1) is 32.0 Å². The standard InChI is InChI=1S/C52H91NO13/c1-3-5-7-9-11-13-15-17-18-19-20-21-22-24-26-28-30-32-34-36-44(57)53-40(41(56)35-33-31-29-27-25-23-16-14-12-10-8-6-4-2)39-63-51-49(62)47(60)50(43(38-55)65-51)66-52-48(61)46(59)45(58)42(37-54)64-52/h11-14,17-18,25,27,33,35,40-43,45-52,54-56,58-62H,3-10,15-16,19-24,26,28-32,34,36-39H2,1-2H3,(H,53,57)/b13-11-,14-12+,18-17-,27-25+,35-33+. The maximum atomic E-state index is 13.2. The number of unbranched alkanes of at least 4 members (excludes halogenated alkanes) is 17. The van der Waals surface area contributed by atoms with Gasteiger partial charge in [-0.1, -0.05) is 145 Å². The van der Waals surface area contributed by atoms with Gasteiger partial charge < -0.3 is 65.1 Å². The first-order chi connectivity index (χ1) is 32.1. The van der Waals surface area contributed by atoms with Gasteiger partial charge in [0.15, 0.2) is 12.6 Å². The zero-order chi connectivity index (χ0) is 48.2. The van der Waals surface area contributed by atoms with Crippen LogP contribution >= 0.6 is 0 Å². The molecule has 2 aliphatic heterocycles. The van der Waals surface area contributed by atoms with Gasteiger partial charge in [0, 0.05) is 6.42 Å². The number of aliphatic hydroxyl groups is 8. The number of hydrogen-bond acceptors (Lipinski definition) is 13. The van der Waals surface area contributed by atoms with E-state index in [4.69, 9.17) is 18.9 Å². The lowest BCUT2D eigenvalue weighted by Gasteiger charge is -2.46. The molecular formula is C52H91NO13. The number of hydrogen-bond donors (Lipinski definition) is 9. The van der Waals surface area contributed by atoms with Crippen molar-refractivity contribution in [3.8, 4) is 0 Å². The normalized spacial score (nSPS) is 27.3. The van der Waals surface area contributed by atoms with Gasteiger partial charge in [-0.15, -0.1) is 0 Å². The number of ether oxygens (including phenoxy) is 4. The highest BCUT2D eigenvalue weighted by atomic mass is 16.7. The fourth-order valence-electron chi connectivity index (χ4n) is 7.94. The summed E-state index contributed by atoms with van der Waals surface area (Å²) in [6, 6.07) is -0.940. The van der Waals surface area contributed by atoms with Crippen molar-refractivity contribution in [2.75, 3.05) is 19.8 Å². The Balaban J connectivity index is 1.85. The number of allylic oxidation sites excluding steroid dienone is 9. The highest BCUT2D eigenvalue weighted by molar-refractivity contribution is 5.76. The summed E-state index contributed by atoms with van der Waals surface area (Å²) in [5.41, 5.74) is 0. The van der Waals surface area contributed by atoms with E-state index in [0.29, 0.717) is 12.8 Å². The predicted molar refractivity (Wildman–Crippen MR) is 258 cm³/mol. The minimum Gasteiger partial charge on any atom is -0.394 e. The van der Waals surface area contributed by atoms with Crippen LogP contribution in [-0.2, 0) is 23.7 Å². The van der Waals surface area contributed by atoms with Crippen molar-refractivity contribution in [2.45, 2.75) is 242 Å². The molecule has 0 aromatic carbocycles. The number of amides is 1. The van der Waals surface area contributed by atoms with Crippen LogP contribution in [0.2, 0.25) is 0 Å². The van der Waals surface area contributed by atoms with E-state index >= 15 is 0 Å². The van der Waals surface area contributed by atoms with Crippen LogP contribution in [0.5, 0.6) is 0 Å². The molecular weight excluding hydrogens is 847 g/mol. The molecule has 0 saturated carbocycles. The quantitative estimate of drug-likeness (QED) is 0.0234. The highest BCUT2D eigenvalue weighted by Crippen LogP contribution is 2.30. The van der Waals surface area contributed by atoms with E-state index in [0.717, 1.165) is 57.8 Å². The van der Waals surface area contributed by atoms with Crippen molar-refractivity contribution < 1.29 is 64.6 Å². The van der Waals surface area contributed by atoms with Gasteiger partial charge in [-0.05, 0) is 77.0 Å². The van der Waals surface area contributed by atoms with Crippen LogP contribution in [0.3, 0.4) is 0 Å². The van der Waals surface area contributed by atoms with Crippen molar-refractivity contribution in [3.63, 3.8) is 0 Å². The maximum absolute atomic E-state index is 13.2. The summed E-state index contributed by atoms with van der Waals surface area (Å²) < 4.78 is 22.6. The number of carbonyl (C=O) groups excluding carboxylic acids is 1. The Morgan fingerprint density at radius 3 is 1.58 bits per heavy atom. The Kier molecular flexibility index (Phi) is 34.9. The summed E-state index contributed by atoms with van der Waals surface area (Å²) in [5.74, 6) is -0.262. The van der Waals surface area contributed by atoms with Crippen LogP contribution in [0, 0.1) is 0 Å². The average Bonchev–Trinajstić information content (AvgIpc) is 3.31. The first-order valence-electron chi connectivity index (χ1n) is 25.5. The van der Waals surface area contributed by atoms with Crippen molar-refractivity contribution in [3.05, 3.63) is 60.8 Å². The maximum Gasteiger partial charge on any atom is 0.220 e. The van der Waals surface area contributed by atoms with Gasteiger partial charge in [-0.3, -0.25) is 4.79 Å². The van der Waals surface area contributed by atoms with E-state index in [1.807, 2.05) is 6.08 Å². The molecule has 12 atom stereocenters. The minimum atomic E-state index is -1.79. The molecule has 2 heterocycles. The van der Waals surface area contributed by atoms with E-state index < -0.39 is 86.8 Å². The first kappa shape index (κ1) is 59.8. The van der Waals surface area contributed by atoms with Crippen LogP contribution in [0.1, 0.15) is 168 Å². The first-order valence-corrected chi connectivity index (χ1v) is 25.5. The number of carbonyl (C=O) groups is 1. The van der Waals surface area contributed by atoms with Crippen molar-refractivity contribution in [2.24, 2.45) is 0 Å². The zero-order valence-corrected chi connectivity index (χ0v) is 40.4. The van der Waals surface area contributed by atoms with Gasteiger partial charge in [0.2, 0.25) is 5.91 Å². The third-order valence-electron chi connectivity index (χ3n) is 12.2. The molecule has 2 saturated heterocycles. The minimum absolute atomic E-state index is 0.262. The van der Waals surface area contributed by atoms with Crippen LogP contribution < -0.4 is 5.32 Å². The van der Waals surface area contributed by atoms with Gasteiger partial charge in [-0.25, -0.2) is 0 Å². The van der Waals surface area contributed by atoms with Crippen LogP contribution in [-0.4, -0.2) is 140 Å². The lowest BCUT2D eigenvalue weighted by atomic mass is 9.97. The second-order valence-electron chi connectivity index (χ2n) is 17.9. The molecule has 14 nitrogen and oxygen atoms in total. The molecule has 2 rings (SSSR count). The van der Waals surface area contributed by atoms with E-state index in [-0.39, 0.29) is 18.9 Å². The Bertz CT molecular complexity index is 1340. The van der Waals surface area contributed by atoms with E-state index in [1.54, 1.807) is 6.08 Å². The second kappa shape index (κ2) is 38.5. The van der Waals surface area contributed by atoms with Gasteiger partial charge in [0.25, 0.3) is 0 Å². The van der Waals surface area contributed by atoms with Crippen LogP contribution in [0.25, 0.3) is 0 Å². The average molecular weight is 938 g/mol. The van der Waals surface area contributed by atoms with Crippen molar-refractivity contribution in [1.29, 1.82) is 0 Å². The predicted octanol–water partition coefficient (Wildman–Crippen LogP) is 6.66. The lowest BCUT2D eigenvalue weighted by molar-refractivity contribution is -0.359. The Labute approximate surface area is 396 Å². The number of nitrogens with one attached hydrogen (secondary N) is 1. The highest BCUT2D eigenvalue weighted by Gasteiger charge is 2.51. The second-order valence-corrected chi connectivity index (χ2v) is 17.9. The van der Waals surface area contributed by atoms with Crippen molar-refractivity contribution >= 4 is 5.91 Å². The summed E-state index contributed by atoms with van der Waals surface area (Å²) in [5, 5.41) is 86.7. The molecule has 9 N–H and O–H groups in total. The lowest BCUT2D eigenvalue weighted by Crippen LogP contribution is -2.65.